The molecule has 0 fully saturated rings. The van der Waals surface area contributed by atoms with Crippen LogP contribution in [0.25, 0.3) is 11.1 Å². The van der Waals surface area contributed by atoms with Crippen LogP contribution in [0.3, 0.4) is 0 Å². The van der Waals surface area contributed by atoms with Crippen LogP contribution in [0.2, 0.25) is 0 Å². The van der Waals surface area contributed by atoms with Crippen LogP contribution in [0.4, 0.5) is 0 Å². The van der Waals surface area contributed by atoms with Gasteiger partial charge in [-0.15, -0.1) is 0 Å². The highest BCUT2D eigenvalue weighted by atomic mass is 127. The van der Waals surface area contributed by atoms with Gasteiger partial charge >= 0.3 is 5.76 Å². The Bertz CT molecular complexity index is 1260. The third-order valence-electron chi connectivity index (χ3n) is 5.45. The van der Waals surface area contributed by atoms with Crippen molar-refractivity contribution in [3.05, 3.63) is 140 Å². The number of hydrogen-bond acceptors (Lipinski definition) is 2. The molecule has 0 aliphatic rings. The molecule has 0 spiro atoms. The molecule has 1 aromatic heterocycles. The number of fused-ring (bicyclic) bond motifs is 1. The van der Waals surface area contributed by atoms with Gasteiger partial charge in [0.1, 0.15) is 5.54 Å². The zero-order valence-electron chi connectivity index (χ0n) is 16.0. The molecule has 146 valence electrons. The first-order chi connectivity index (χ1) is 14.7. The molecule has 0 saturated heterocycles. The molecule has 1 heterocycles. The van der Waals surface area contributed by atoms with Gasteiger partial charge in [-0.05, 0) is 57.5 Å². The Balaban J connectivity index is 2.01. The average molecular weight is 503 g/mol. The zero-order chi connectivity index (χ0) is 20.6. The highest BCUT2D eigenvalue weighted by molar-refractivity contribution is 14.1. The fourth-order valence-electron chi connectivity index (χ4n) is 4.24. The van der Waals surface area contributed by atoms with Crippen LogP contribution in [0.15, 0.2) is 118 Å². The summed E-state index contributed by atoms with van der Waals surface area (Å²) in [5, 5.41) is 0. The maximum Gasteiger partial charge on any atom is 0.421 e. The van der Waals surface area contributed by atoms with E-state index in [2.05, 4.69) is 59.0 Å². The molecule has 0 unspecified atom stereocenters. The number of oxazole rings is 1. The van der Waals surface area contributed by atoms with Crippen LogP contribution in [0, 0.1) is 3.57 Å². The van der Waals surface area contributed by atoms with Gasteiger partial charge in [0.25, 0.3) is 0 Å². The van der Waals surface area contributed by atoms with E-state index in [1.807, 2.05) is 72.8 Å². The lowest BCUT2D eigenvalue weighted by Crippen LogP contribution is -2.42. The third kappa shape index (κ3) is 2.91. The van der Waals surface area contributed by atoms with Gasteiger partial charge < -0.3 is 4.42 Å². The smallest absolute Gasteiger partial charge is 0.408 e. The van der Waals surface area contributed by atoms with E-state index in [1.165, 1.54) is 0 Å². The summed E-state index contributed by atoms with van der Waals surface area (Å²) in [5.41, 5.74) is 3.44. The Morgan fingerprint density at radius 3 is 1.60 bits per heavy atom. The Kier molecular flexibility index (Phi) is 4.79. The normalized spacial score (nSPS) is 11.6. The van der Waals surface area contributed by atoms with Gasteiger partial charge in [-0.2, -0.15) is 0 Å². The summed E-state index contributed by atoms with van der Waals surface area (Å²) < 4.78 is 8.56. The van der Waals surface area contributed by atoms with Crippen molar-refractivity contribution in [3.63, 3.8) is 0 Å². The van der Waals surface area contributed by atoms with E-state index in [0.717, 1.165) is 25.8 Å². The number of halogens is 1. The lowest BCUT2D eigenvalue weighted by Gasteiger charge is -2.36. The number of rotatable bonds is 4. The standard InChI is InChI=1S/C26H18INO2/c27-22-16-17-23-24(18-22)30-25(29)28(23)26(19-10-4-1-5-11-19,20-12-6-2-7-13-20)21-14-8-3-9-15-21/h1-18H. The third-order valence-corrected chi connectivity index (χ3v) is 6.12. The molecule has 0 aliphatic heterocycles. The molecular formula is C26H18INO2. The largest absolute Gasteiger partial charge is 0.421 e. The van der Waals surface area contributed by atoms with Crippen LogP contribution in [-0.2, 0) is 5.54 Å². The summed E-state index contributed by atoms with van der Waals surface area (Å²) in [6.45, 7) is 0. The minimum atomic E-state index is -0.876. The van der Waals surface area contributed by atoms with Crippen molar-refractivity contribution in [2.24, 2.45) is 0 Å². The van der Waals surface area contributed by atoms with Crippen molar-refractivity contribution >= 4 is 33.7 Å². The van der Waals surface area contributed by atoms with Crippen molar-refractivity contribution in [3.8, 4) is 0 Å². The molecule has 5 aromatic rings. The highest BCUT2D eigenvalue weighted by Crippen LogP contribution is 2.41. The lowest BCUT2D eigenvalue weighted by molar-refractivity contribution is 0.441. The van der Waals surface area contributed by atoms with E-state index in [4.69, 9.17) is 4.42 Å². The molecule has 0 atom stereocenters. The van der Waals surface area contributed by atoms with Gasteiger partial charge in [0.2, 0.25) is 0 Å². The first kappa shape index (κ1) is 18.9. The van der Waals surface area contributed by atoms with Crippen molar-refractivity contribution in [1.82, 2.24) is 4.57 Å². The molecule has 30 heavy (non-hydrogen) atoms. The summed E-state index contributed by atoms with van der Waals surface area (Å²) in [6.07, 6.45) is 0. The Hall–Kier alpha value is -3.12. The predicted molar refractivity (Wildman–Crippen MR) is 128 cm³/mol. The quantitative estimate of drug-likeness (QED) is 0.222. The van der Waals surface area contributed by atoms with Crippen molar-refractivity contribution in [2.45, 2.75) is 5.54 Å². The van der Waals surface area contributed by atoms with E-state index in [9.17, 15) is 4.79 Å². The van der Waals surface area contributed by atoms with Gasteiger partial charge in [-0.3, -0.25) is 4.57 Å². The molecule has 5 rings (SSSR count). The topological polar surface area (TPSA) is 35.1 Å². The SMILES string of the molecule is O=c1oc2cc(I)ccc2n1C(c1ccccc1)(c1ccccc1)c1ccccc1. The fraction of sp³-hybridized carbons (Fsp3) is 0.0385. The van der Waals surface area contributed by atoms with Crippen molar-refractivity contribution in [2.75, 3.05) is 0 Å². The minimum Gasteiger partial charge on any atom is -0.408 e. The van der Waals surface area contributed by atoms with Crippen LogP contribution in [-0.4, -0.2) is 4.57 Å². The second-order valence-corrected chi connectivity index (χ2v) is 8.37. The van der Waals surface area contributed by atoms with Crippen LogP contribution in [0.1, 0.15) is 16.7 Å². The number of hydrogen-bond donors (Lipinski definition) is 0. The predicted octanol–water partition coefficient (Wildman–Crippen LogP) is 6.04. The summed E-state index contributed by atoms with van der Waals surface area (Å²) in [4.78, 5) is 13.4. The van der Waals surface area contributed by atoms with Crippen molar-refractivity contribution in [1.29, 1.82) is 0 Å². The van der Waals surface area contributed by atoms with Gasteiger partial charge in [0, 0.05) is 3.57 Å². The maximum absolute atomic E-state index is 13.4. The first-order valence-electron chi connectivity index (χ1n) is 9.69. The molecule has 0 amide bonds. The summed E-state index contributed by atoms with van der Waals surface area (Å²) >= 11 is 2.23. The van der Waals surface area contributed by atoms with Crippen molar-refractivity contribution < 1.29 is 4.42 Å². The van der Waals surface area contributed by atoms with E-state index in [0.29, 0.717) is 5.58 Å². The summed E-state index contributed by atoms with van der Waals surface area (Å²) in [6, 6.07) is 36.3. The molecular weight excluding hydrogens is 485 g/mol. The van der Waals surface area contributed by atoms with E-state index < -0.39 is 5.54 Å². The monoisotopic (exact) mass is 503 g/mol. The second-order valence-electron chi connectivity index (χ2n) is 7.12. The van der Waals surface area contributed by atoms with E-state index >= 15 is 0 Å². The zero-order valence-corrected chi connectivity index (χ0v) is 18.2. The average Bonchev–Trinajstić information content (AvgIpc) is 3.12. The molecule has 0 radical (unpaired) electrons. The van der Waals surface area contributed by atoms with Crippen LogP contribution >= 0.6 is 22.6 Å². The van der Waals surface area contributed by atoms with Crippen LogP contribution in [0.5, 0.6) is 0 Å². The Labute approximate surface area is 187 Å². The van der Waals surface area contributed by atoms with E-state index in [-0.39, 0.29) is 5.76 Å². The molecule has 0 bridgehead atoms. The maximum atomic E-state index is 13.4. The Morgan fingerprint density at radius 2 is 1.13 bits per heavy atom. The van der Waals surface area contributed by atoms with Crippen LogP contribution < -0.4 is 5.76 Å². The molecule has 0 aliphatic carbocycles. The number of benzene rings is 4. The molecule has 0 saturated carbocycles. The minimum absolute atomic E-state index is 0.386. The van der Waals surface area contributed by atoms with E-state index in [1.54, 1.807) is 4.57 Å². The van der Waals surface area contributed by atoms with Gasteiger partial charge in [-0.1, -0.05) is 91.0 Å². The molecule has 3 nitrogen and oxygen atoms in total. The molecule has 0 N–H and O–H groups in total. The molecule has 4 aromatic carbocycles. The Morgan fingerprint density at radius 1 is 0.667 bits per heavy atom. The lowest BCUT2D eigenvalue weighted by atomic mass is 9.76. The molecule has 4 heteroatoms. The number of aromatic nitrogens is 1. The van der Waals surface area contributed by atoms with Gasteiger partial charge in [0.05, 0.1) is 5.52 Å². The summed E-state index contributed by atoms with van der Waals surface area (Å²) in [5.74, 6) is -0.386. The summed E-state index contributed by atoms with van der Waals surface area (Å²) in [7, 11) is 0. The van der Waals surface area contributed by atoms with Gasteiger partial charge in [-0.25, -0.2) is 4.79 Å². The second kappa shape index (κ2) is 7.61. The first-order valence-corrected chi connectivity index (χ1v) is 10.8. The highest BCUT2D eigenvalue weighted by Gasteiger charge is 2.41. The fourth-order valence-corrected chi connectivity index (χ4v) is 4.70. The number of nitrogens with zero attached hydrogens (tertiary/aromatic N) is 1. The van der Waals surface area contributed by atoms with Gasteiger partial charge in [0.15, 0.2) is 5.58 Å².